The number of rotatable bonds is 5. The van der Waals surface area contributed by atoms with Crippen LogP contribution in [0.1, 0.15) is 13.8 Å². The van der Waals surface area contributed by atoms with Gasteiger partial charge in [0.25, 0.3) is 0 Å². The SMILES string of the molecule is COc1ccc(N(C)CC(C)(C)C#N)cc1OC. The van der Waals surface area contributed by atoms with Gasteiger partial charge in [0.1, 0.15) is 0 Å². The van der Waals surface area contributed by atoms with Crippen LogP contribution in [0.2, 0.25) is 0 Å². The summed E-state index contributed by atoms with van der Waals surface area (Å²) < 4.78 is 10.5. The summed E-state index contributed by atoms with van der Waals surface area (Å²) in [7, 11) is 5.18. The number of ether oxygens (including phenoxy) is 2. The Morgan fingerprint density at radius 2 is 1.83 bits per heavy atom. The molecular formula is C14H20N2O2. The molecule has 0 saturated carbocycles. The molecule has 0 aliphatic carbocycles. The van der Waals surface area contributed by atoms with E-state index < -0.39 is 0 Å². The number of hydrogen-bond acceptors (Lipinski definition) is 4. The first-order valence-electron chi connectivity index (χ1n) is 5.78. The van der Waals surface area contributed by atoms with Crippen molar-refractivity contribution in [2.45, 2.75) is 13.8 Å². The van der Waals surface area contributed by atoms with Gasteiger partial charge in [0.2, 0.25) is 0 Å². The number of anilines is 1. The van der Waals surface area contributed by atoms with Gasteiger partial charge in [0, 0.05) is 25.3 Å². The van der Waals surface area contributed by atoms with Gasteiger partial charge in [-0.05, 0) is 26.0 Å². The second kappa shape index (κ2) is 5.63. The molecule has 1 rings (SSSR count). The van der Waals surface area contributed by atoms with E-state index in [1.807, 2.05) is 44.0 Å². The molecule has 1 aromatic rings. The summed E-state index contributed by atoms with van der Waals surface area (Å²) in [5.41, 5.74) is 0.609. The van der Waals surface area contributed by atoms with Gasteiger partial charge in [-0.25, -0.2) is 0 Å². The molecule has 0 N–H and O–H groups in total. The van der Waals surface area contributed by atoms with Crippen LogP contribution in [0.3, 0.4) is 0 Å². The Morgan fingerprint density at radius 1 is 1.22 bits per heavy atom. The van der Waals surface area contributed by atoms with Crippen molar-refractivity contribution in [3.8, 4) is 17.6 Å². The minimum absolute atomic E-state index is 0.387. The zero-order chi connectivity index (χ0) is 13.8. The average molecular weight is 248 g/mol. The monoisotopic (exact) mass is 248 g/mol. The van der Waals surface area contributed by atoms with Crippen molar-refractivity contribution < 1.29 is 9.47 Å². The zero-order valence-corrected chi connectivity index (χ0v) is 11.7. The molecule has 0 aliphatic rings. The number of nitriles is 1. The molecule has 0 bridgehead atoms. The molecule has 0 heterocycles. The normalized spacial score (nSPS) is 10.7. The van der Waals surface area contributed by atoms with Gasteiger partial charge in [-0.15, -0.1) is 0 Å². The Kier molecular flexibility index (Phi) is 4.43. The van der Waals surface area contributed by atoms with Crippen LogP contribution in [-0.2, 0) is 0 Å². The van der Waals surface area contributed by atoms with Crippen molar-refractivity contribution in [3.05, 3.63) is 18.2 Å². The second-order valence-electron chi connectivity index (χ2n) is 4.89. The van der Waals surface area contributed by atoms with Crippen LogP contribution in [-0.4, -0.2) is 27.8 Å². The summed E-state index contributed by atoms with van der Waals surface area (Å²) in [6.07, 6.45) is 0. The maximum absolute atomic E-state index is 9.05. The first-order chi connectivity index (χ1) is 8.43. The number of methoxy groups -OCH3 is 2. The van der Waals surface area contributed by atoms with E-state index in [0.29, 0.717) is 18.0 Å². The third-order valence-corrected chi connectivity index (χ3v) is 2.74. The van der Waals surface area contributed by atoms with Gasteiger partial charge < -0.3 is 14.4 Å². The van der Waals surface area contributed by atoms with Crippen molar-refractivity contribution in [2.24, 2.45) is 5.41 Å². The van der Waals surface area contributed by atoms with Gasteiger partial charge >= 0.3 is 0 Å². The number of hydrogen-bond donors (Lipinski definition) is 0. The van der Waals surface area contributed by atoms with Crippen LogP contribution < -0.4 is 14.4 Å². The molecule has 0 spiro atoms. The molecular weight excluding hydrogens is 228 g/mol. The predicted molar refractivity (Wildman–Crippen MR) is 72.2 cm³/mol. The van der Waals surface area contributed by atoms with E-state index >= 15 is 0 Å². The summed E-state index contributed by atoms with van der Waals surface area (Å²) in [5, 5.41) is 9.05. The first-order valence-corrected chi connectivity index (χ1v) is 5.78. The van der Waals surface area contributed by atoms with E-state index in [1.165, 1.54) is 0 Å². The lowest BCUT2D eigenvalue weighted by atomic mass is 9.95. The summed E-state index contributed by atoms with van der Waals surface area (Å²) in [5.74, 6) is 1.39. The minimum Gasteiger partial charge on any atom is -0.493 e. The highest BCUT2D eigenvalue weighted by Crippen LogP contribution is 2.32. The van der Waals surface area contributed by atoms with Gasteiger partial charge in [-0.2, -0.15) is 5.26 Å². The highest BCUT2D eigenvalue weighted by molar-refractivity contribution is 5.56. The Morgan fingerprint density at radius 3 is 2.33 bits per heavy atom. The zero-order valence-electron chi connectivity index (χ0n) is 11.7. The van der Waals surface area contributed by atoms with E-state index in [-0.39, 0.29) is 5.41 Å². The maximum Gasteiger partial charge on any atom is 0.162 e. The lowest BCUT2D eigenvalue weighted by Gasteiger charge is -2.26. The fraction of sp³-hybridized carbons (Fsp3) is 0.500. The smallest absolute Gasteiger partial charge is 0.162 e. The fourth-order valence-corrected chi connectivity index (χ4v) is 1.78. The van der Waals surface area contributed by atoms with Crippen molar-refractivity contribution >= 4 is 5.69 Å². The van der Waals surface area contributed by atoms with Gasteiger partial charge in [0.15, 0.2) is 11.5 Å². The summed E-state index contributed by atoms with van der Waals surface area (Å²) in [6.45, 7) is 4.49. The van der Waals surface area contributed by atoms with Crippen LogP contribution in [0, 0.1) is 16.7 Å². The molecule has 0 radical (unpaired) electrons. The lowest BCUT2D eigenvalue weighted by molar-refractivity contribution is 0.355. The third kappa shape index (κ3) is 3.30. The van der Waals surface area contributed by atoms with Crippen molar-refractivity contribution in [1.82, 2.24) is 0 Å². The maximum atomic E-state index is 9.05. The standard InChI is InChI=1S/C14H20N2O2/c1-14(2,9-15)10-16(3)11-6-7-12(17-4)13(8-11)18-5/h6-8H,10H2,1-5H3. The molecule has 0 unspecified atom stereocenters. The molecule has 4 heteroatoms. The van der Waals surface area contributed by atoms with E-state index in [1.54, 1.807) is 14.2 Å². The van der Waals surface area contributed by atoms with Crippen molar-refractivity contribution in [2.75, 3.05) is 32.7 Å². The van der Waals surface area contributed by atoms with E-state index in [2.05, 4.69) is 6.07 Å². The highest BCUT2D eigenvalue weighted by atomic mass is 16.5. The molecule has 0 fully saturated rings. The van der Waals surface area contributed by atoms with E-state index in [0.717, 1.165) is 5.69 Å². The molecule has 98 valence electrons. The molecule has 0 amide bonds. The van der Waals surface area contributed by atoms with Gasteiger partial charge in [-0.3, -0.25) is 0 Å². The minimum atomic E-state index is -0.387. The first kappa shape index (κ1) is 14.2. The Labute approximate surface area is 109 Å². The Bertz CT molecular complexity index is 450. The highest BCUT2D eigenvalue weighted by Gasteiger charge is 2.20. The molecule has 18 heavy (non-hydrogen) atoms. The van der Waals surface area contributed by atoms with Crippen molar-refractivity contribution in [3.63, 3.8) is 0 Å². The molecule has 0 atom stereocenters. The second-order valence-corrected chi connectivity index (χ2v) is 4.89. The van der Waals surface area contributed by atoms with Crippen LogP contribution in [0.4, 0.5) is 5.69 Å². The molecule has 0 saturated heterocycles. The van der Waals surface area contributed by atoms with E-state index in [9.17, 15) is 0 Å². The van der Waals surface area contributed by atoms with Crippen LogP contribution >= 0.6 is 0 Å². The Hall–Kier alpha value is -1.89. The molecule has 1 aromatic carbocycles. The lowest BCUT2D eigenvalue weighted by Crippen LogP contribution is -2.30. The molecule has 4 nitrogen and oxygen atoms in total. The predicted octanol–water partition coefficient (Wildman–Crippen LogP) is 2.69. The van der Waals surface area contributed by atoms with Gasteiger partial charge in [-0.1, -0.05) is 0 Å². The average Bonchev–Trinajstić information content (AvgIpc) is 2.37. The third-order valence-electron chi connectivity index (χ3n) is 2.74. The largest absolute Gasteiger partial charge is 0.493 e. The summed E-state index contributed by atoms with van der Waals surface area (Å²) in [6, 6.07) is 8.02. The topological polar surface area (TPSA) is 45.5 Å². The van der Waals surface area contributed by atoms with Crippen LogP contribution in [0.25, 0.3) is 0 Å². The number of nitrogens with zero attached hydrogens (tertiary/aromatic N) is 2. The summed E-state index contributed by atoms with van der Waals surface area (Å²) in [4.78, 5) is 2.03. The van der Waals surface area contributed by atoms with Crippen LogP contribution in [0.5, 0.6) is 11.5 Å². The van der Waals surface area contributed by atoms with Crippen molar-refractivity contribution in [1.29, 1.82) is 5.26 Å². The summed E-state index contributed by atoms with van der Waals surface area (Å²) >= 11 is 0. The fourth-order valence-electron chi connectivity index (χ4n) is 1.78. The Balaban J connectivity index is 2.94. The molecule has 0 aliphatic heterocycles. The van der Waals surface area contributed by atoms with Gasteiger partial charge in [0.05, 0.1) is 25.7 Å². The molecule has 0 aromatic heterocycles. The van der Waals surface area contributed by atoms with Crippen LogP contribution in [0.15, 0.2) is 18.2 Å². The van der Waals surface area contributed by atoms with E-state index in [4.69, 9.17) is 14.7 Å². The number of benzene rings is 1. The quantitative estimate of drug-likeness (QED) is 0.803.